The van der Waals surface area contributed by atoms with Crippen molar-refractivity contribution >= 4 is 39.1 Å². The summed E-state index contributed by atoms with van der Waals surface area (Å²) in [5, 5.41) is 3.25. The zero-order valence-electron chi connectivity index (χ0n) is 10.5. The first kappa shape index (κ1) is 14.0. The number of anilines is 1. The third-order valence-corrected chi connectivity index (χ3v) is 3.90. The number of nitrogens with one attached hydrogen (secondary N) is 1. The van der Waals surface area contributed by atoms with E-state index in [0.717, 1.165) is 15.6 Å². The quantitative estimate of drug-likeness (QED) is 0.826. The lowest BCUT2D eigenvalue weighted by Crippen LogP contribution is -2.14. The molecule has 2 rings (SSSR count). The SMILES string of the molecule is Cc1cc(Cl)ncc1NC(=O)c1cccc(Br)c1C. The van der Waals surface area contributed by atoms with Gasteiger partial charge in [-0.1, -0.05) is 33.6 Å². The summed E-state index contributed by atoms with van der Waals surface area (Å²) in [6, 6.07) is 7.24. The number of carbonyl (C=O) groups excluding carboxylic acids is 1. The number of rotatable bonds is 2. The first-order valence-corrected chi connectivity index (χ1v) is 6.84. The minimum Gasteiger partial charge on any atom is -0.320 e. The maximum Gasteiger partial charge on any atom is 0.256 e. The Morgan fingerprint density at radius 2 is 2.11 bits per heavy atom. The minimum atomic E-state index is -0.161. The van der Waals surface area contributed by atoms with E-state index in [-0.39, 0.29) is 5.91 Å². The van der Waals surface area contributed by atoms with Gasteiger partial charge in [-0.3, -0.25) is 4.79 Å². The van der Waals surface area contributed by atoms with Crippen LogP contribution < -0.4 is 5.32 Å². The Labute approximate surface area is 125 Å². The molecule has 1 aromatic carbocycles. The van der Waals surface area contributed by atoms with Gasteiger partial charge < -0.3 is 5.32 Å². The molecule has 0 fully saturated rings. The lowest BCUT2D eigenvalue weighted by atomic mass is 10.1. The predicted octanol–water partition coefficient (Wildman–Crippen LogP) is 4.37. The molecule has 98 valence electrons. The van der Waals surface area contributed by atoms with Crippen LogP contribution in [0.2, 0.25) is 5.15 Å². The molecule has 1 amide bonds. The van der Waals surface area contributed by atoms with Crippen molar-refractivity contribution in [3.63, 3.8) is 0 Å². The number of nitrogens with zero attached hydrogens (tertiary/aromatic N) is 1. The van der Waals surface area contributed by atoms with Gasteiger partial charge in [-0.15, -0.1) is 0 Å². The van der Waals surface area contributed by atoms with E-state index in [9.17, 15) is 4.79 Å². The van der Waals surface area contributed by atoms with Crippen LogP contribution in [0.25, 0.3) is 0 Å². The van der Waals surface area contributed by atoms with Crippen molar-refractivity contribution < 1.29 is 4.79 Å². The maximum absolute atomic E-state index is 12.2. The number of hydrogen-bond donors (Lipinski definition) is 1. The van der Waals surface area contributed by atoms with Crippen molar-refractivity contribution in [2.24, 2.45) is 0 Å². The highest BCUT2D eigenvalue weighted by Crippen LogP contribution is 2.22. The van der Waals surface area contributed by atoms with Crippen LogP contribution in [0.5, 0.6) is 0 Å². The van der Waals surface area contributed by atoms with E-state index in [0.29, 0.717) is 16.4 Å². The van der Waals surface area contributed by atoms with Gasteiger partial charge in [0.15, 0.2) is 0 Å². The second-order valence-electron chi connectivity index (χ2n) is 4.19. The van der Waals surface area contributed by atoms with Gasteiger partial charge in [0.1, 0.15) is 5.15 Å². The van der Waals surface area contributed by atoms with E-state index < -0.39 is 0 Å². The monoisotopic (exact) mass is 338 g/mol. The fraction of sp³-hybridized carbons (Fsp3) is 0.143. The van der Waals surface area contributed by atoms with Gasteiger partial charge in [0.2, 0.25) is 0 Å². The molecule has 1 N–H and O–H groups in total. The molecule has 1 aromatic heterocycles. The van der Waals surface area contributed by atoms with Gasteiger partial charge in [0, 0.05) is 10.0 Å². The summed E-state index contributed by atoms with van der Waals surface area (Å²) >= 11 is 9.20. The van der Waals surface area contributed by atoms with Crippen LogP contribution in [0.4, 0.5) is 5.69 Å². The largest absolute Gasteiger partial charge is 0.320 e. The highest BCUT2D eigenvalue weighted by Gasteiger charge is 2.12. The van der Waals surface area contributed by atoms with Gasteiger partial charge in [-0.05, 0) is 43.2 Å². The summed E-state index contributed by atoms with van der Waals surface area (Å²) in [4.78, 5) is 16.2. The molecule has 3 nitrogen and oxygen atoms in total. The Balaban J connectivity index is 2.28. The summed E-state index contributed by atoms with van der Waals surface area (Å²) in [5.74, 6) is -0.161. The van der Waals surface area contributed by atoms with Crippen LogP contribution in [0.3, 0.4) is 0 Å². The molecule has 0 saturated carbocycles. The van der Waals surface area contributed by atoms with E-state index in [1.807, 2.05) is 26.0 Å². The summed E-state index contributed by atoms with van der Waals surface area (Å²) in [6.45, 7) is 3.77. The smallest absolute Gasteiger partial charge is 0.256 e. The molecule has 0 aliphatic heterocycles. The first-order valence-electron chi connectivity index (χ1n) is 5.67. The average Bonchev–Trinajstić information content (AvgIpc) is 2.36. The summed E-state index contributed by atoms with van der Waals surface area (Å²) < 4.78 is 0.908. The van der Waals surface area contributed by atoms with E-state index in [2.05, 4.69) is 26.2 Å². The number of amides is 1. The molecule has 0 radical (unpaired) electrons. The number of hydrogen-bond acceptors (Lipinski definition) is 2. The molecule has 1 heterocycles. The zero-order valence-corrected chi connectivity index (χ0v) is 12.8. The molecule has 0 unspecified atom stereocenters. The number of halogens is 2. The average molecular weight is 340 g/mol. The van der Waals surface area contributed by atoms with Crippen molar-refractivity contribution in [3.05, 3.63) is 56.8 Å². The standard InChI is InChI=1S/C14H12BrClN2O/c1-8-6-13(16)17-7-12(8)18-14(19)10-4-3-5-11(15)9(10)2/h3-7H,1-2H3,(H,18,19). The Morgan fingerprint density at radius 3 is 2.79 bits per heavy atom. The summed E-state index contributed by atoms with van der Waals surface area (Å²) in [7, 11) is 0. The summed E-state index contributed by atoms with van der Waals surface area (Å²) in [6.07, 6.45) is 1.56. The van der Waals surface area contributed by atoms with Gasteiger partial charge >= 0.3 is 0 Å². The molecule has 0 atom stereocenters. The normalized spacial score (nSPS) is 10.3. The van der Waals surface area contributed by atoms with Crippen LogP contribution in [0.15, 0.2) is 34.9 Å². The van der Waals surface area contributed by atoms with Gasteiger partial charge in [-0.25, -0.2) is 4.98 Å². The maximum atomic E-state index is 12.2. The molecule has 0 aliphatic rings. The van der Waals surface area contributed by atoms with Crippen molar-refractivity contribution in [1.29, 1.82) is 0 Å². The highest BCUT2D eigenvalue weighted by molar-refractivity contribution is 9.10. The number of benzene rings is 1. The molecule has 5 heteroatoms. The number of aromatic nitrogens is 1. The number of aryl methyl sites for hydroxylation is 1. The number of pyridine rings is 1. The fourth-order valence-corrected chi connectivity index (χ4v) is 2.27. The predicted molar refractivity (Wildman–Crippen MR) is 80.8 cm³/mol. The molecule has 2 aromatic rings. The van der Waals surface area contributed by atoms with E-state index in [4.69, 9.17) is 11.6 Å². The third-order valence-electron chi connectivity index (χ3n) is 2.84. The molecular formula is C14H12BrClN2O. The number of carbonyl (C=O) groups is 1. The van der Waals surface area contributed by atoms with Crippen LogP contribution in [-0.2, 0) is 0 Å². The van der Waals surface area contributed by atoms with E-state index >= 15 is 0 Å². The minimum absolute atomic E-state index is 0.161. The van der Waals surface area contributed by atoms with Crippen LogP contribution >= 0.6 is 27.5 Å². The molecular weight excluding hydrogens is 328 g/mol. The highest BCUT2D eigenvalue weighted by atomic mass is 79.9. The second-order valence-corrected chi connectivity index (χ2v) is 5.43. The van der Waals surface area contributed by atoms with Crippen molar-refractivity contribution in [3.8, 4) is 0 Å². The lowest BCUT2D eigenvalue weighted by molar-refractivity contribution is 0.102. The van der Waals surface area contributed by atoms with Gasteiger partial charge in [0.05, 0.1) is 11.9 Å². The molecule has 19 heavy (non-hydrogen) atoms. The molecule has 0 saturated heterocycles. The van der Waals surface area contributed by atoms with Crippen molar-refractivity contribution in [2.75, 3.05) is 5.32 Å². The fourth-order valence-electron chi connectivity index (χ4n) is 1.70. The van der Waals surface area contributed by atoms with Crippen molar-refractivity contribution in [2.45, 2.75) is 13.8 Å². The molecule has 0 bridgehead atoms. The lowest BCUT2D eigenvalue weighted by Gasteiger charge is -2.10. The molecule has 0 aliphatic carbocycles. The summed E-state index contributed by atoms with van der Waals surface area (Å²) in [5.41, 5.74) is 3.07. The van der Waals surface area contributed by atoms with Gasteiger partial charge in [-0.2, -0.15) is 0 Å². The van der Waals surface area contributed by atoms with Crippen LogP contribution in [0.1, 0.15) is 21.5 Å². The first-order chi connectivity index (χ1) is 8.99. The van der Waals surface area contributed by atoms with Crippen LogP contribution in [-0.4, -0.2) is 10.9 Å². The Hall–Kier alpha value is -1.39. The third kappa shape index (κ3) is 3.14. The van der Waals surface area contributed by atoms with E-state index in [1.54, 1.807) is 18.3 Å². The van der Waals surface area contributed by atoms with E-state index in [1.165, 1.54) is 0 Å². The zero-order chi connectivity index (χ0) is 14.0. The van der Waals surface area contributed by atoms with Crippen LogP contribution in [0, 0.1) is 13.8 Å². The Bertz CT molecular complexity index is 643. The van der Waals surface area contributed by atoms with Crippen molar-refractivity contribution in [1.82, 2.24) is 4.98 Å². The topological polar surface area (TPSA) is 42.0 Å². The Morgan fingerprint density at radius 1 is 1.37 bits per heavy atom. The second kappa shape index (κ2) is 5.72. The molecule has 0 spiro atoms. The Kier molecular flexibility index (Phi) is 4.22. The van der Waals surface area contributed by atoms with Gasteiger partial charge in [0.25, 0.3) is 5.91 Å².